The van der Waals surface area contributed by atoms with Gasteiger partial charge in [-0.25, -0.2) is 4.79 Å². The summed E-state index contributed by atoms with van der Waals surface area (Å²) in [6, 6.07) is 3.86. The SMILES string of the molecule is N#CCCC[C@@H](NC(=O)[C@@H](O)c1ccc(C(F)(F)F)cc1)C(=O)O. The van der Waals surface area contributed by atoms with E-state index in [4.69, 9.17) is 10.4 Å². The number of hydrogen-bond acceptors (Lipinski definition) is 4. The summed E-state index contributed by atoms with van der Waals surface area (Å²) in [6.45, 7) is 0. The van der Waals surface area contributed by atoms with Gasteiger partial charge in [0.15, 0.2) is 6.10 Å². The number of hydrogen-bond donors (Lipinski definition) is 3. The molecule has 0 aromatic heterocycles. The molecule has 6 nitrogen and oxygen atoms in total. The fourth-order valence-electron chi connectivity index (χ4n) is 1.90. The van der Waals surface area contributed by atoms with Crippen molar-refractivity contribution in [2.45, 2.75) is 37.6 Å². The molecule has 0 radical (unpaired) electrons. The number of amides is 1. The second kappa shape index (κ2) is 8.31. The molecule has 0 heterocycles. The second-order valence-electron chi connectivity index (χ2n) is 4.97. The molecule has 1 aromatic carbocycles. The molecule has 0 spiro atoms. The first-order chi connectivity index (χ1) is 11.2. The smallest absolute Gasteiger partial charge is 0.416 e. The average Bonchev–Trinajstić information content (AvgIpc) is 2.52. The lowest BCUT2D eigenvalue weighted by Gasteiger charge is -2.17. The number of carboxylic acid groups (broad SMARTS) is 1. The van der Waals surface area contributed by atoms with Crippen LogP contribution in [0.3, 0.4) is 0 Å². The van der Waals surface area contributed by atoms with Crippen molar-refractivity contribution >= 4 is 11.9 Å². The lowest BCUT2D eigenvalue weighted by atomic mass is 10.0. The molecule has 0 saturated heterocycles. The first kappa shape index (κ1) is 19.4. The van der Waals surface area contributed by atoms with Crippen LogP contribution in [0.5, 0.6) is 0 Å². The molecule has 0 aliphatic carbocycles. The van der Waals surface area contributed by atoms with Crippen molar-refractivity contribution in [1.29, 1.82) is 5.26 Å². The summed E-state index contributed by atoms with van der Waals surface area (Å²) < 4.78 is 37.4. The monoisotopic (exact) mass is 344 g/mol. The summed E-state index contributed by atoms with van der Waals surface area (Å²) in [7, 11) is 0. The molecule has 0 fully saturated rings. The van der Waals surface area contributed by atoms with E-state index in [0.717, 1.165) is 12.1 Å². The quantitative estimate of drug-likeness (QED) is 0.655. The van der Waals surface area contributed by atoms with Crippen LogP contribution in [0.4, 0.5) is 13.2 Å². The highest BCUT2D eigenvalue weighted by molar-refractivity contribution is 5.86. The molecule has 3 N–H and O–H groups in total. The van der Waals surface area contributed by atoms with Crippen LogP contribution in [0.25, 0.3) is 0 Å². The van der Waals surface area contributed by atoms with Crippen LogP contribution in [-0.2, 0) is 15.8 Å². The summed E-state index contributed by atoms with van der Waals surface area (Å²) in [4.78, 5) is 22.9. The summed E-state index contributed by atoms with van der Waals surface area (Å²) in [6.07, 6.45) is -5.99. The van der Waals surface area contributed by atoms with Gasteiger partial charge in [0.2, 0.25) is 0 Å². The number of aliphatic hydroxyl groups excluding tert-OH is 1. The van der Waals surface area contributed by atoms with E-state index in [9.17, 15) is 27.9 Å². The Morgan fingerprint density at radius 2 is 1.83 bits per heavy atom. The van der Waals surface area contributed by atoms with E-state index >= 15 is 0 Å². The number of benzene rings is 1. The van der Waals surface area contributed by atoms with Crippen LogP contribution in [0.2, 0.25) is 0 Å². The second-order valence-corrected chi connectivity index (χ2v) is 4.97. The minimum Gasteiger partial charge on any atom is -0.480 e. The zero-order valence-corrected chi connectivity index (χ0v) is 12.4. The highest BCUT2D eigenvalue weighted by Gasteiger charge is 2.31. The van der Waals surface area contributed by atoms with Crippen LogP contribution < -0.4 is 5.32 Å². The number of nitrogens with zero attached hydrogens (tertiary/aromatic N) is 1. The molecule has 130 valence electrons. The molecule has 24 heavy (non-hydrogen) atoms. The minimum atomic E-state index is -4.54. The molecule has 1 amide bonds. The fraction of sp³-hybridized carbons (Fsp3) is 0.400. The van der Waals surface area contributed by atoms with Gasteiger partial charge in [-0.05, 0) is 30.5 Å². The number of nitrogens with one attached hydrogen (secondary N) is 1. The number of rotatable bonds is 7. The molecule has 1 aromatic rings. The maximum Gasteiger partial charge on any atom is 0.416 e. The number of aliphatic carboxylic acids is 1. The molecular weight excluding hydrogens is 329 g/mol. The maximum absolute atomic E-state index is 12.5. The van der Waals surface area contributed by atoms with Gasteiger partial charge in [-0.3, -0.25) is 4.79 Å². The number of nitriles is 1. The summed E-state index contributed by atoms with van der Waals surface area (Å²) in [5.41, 5.74) is -1.03. The van der Waals surface area contributed by atoms with E-state index in [0.29, 0.717) is 12.1 Å². The number of halogens is 3. The van der Waals surface area contributed by atoms with Crippen molar-refractivity contribution < 1.29 is 33.0 Å². The van der Waals surface area contributed by atoms with Crippen LogP contribution in [0, 0.1) is 11.3 Å². The third-order valence-electron chi connectivity index (χ3n) is 3.20. The Balaban J connectivity index is 2.75. The van der Waals surface area contributed by atoms with E-state index < -0.39 is 35.8 Å². The molecule has 0 saturated carbocycles. The predicted molar refractivity (Wildman–Crippen MR) is 75.4 cm³/mol. The Bertz CT molecular complexity index is 623. The van der Waals surface area contributed by atoms with Crippen molar-refractivity contribution in [3.05, 3.63) is 35.4 Å². The molecule has 9 heteroatoms. The van der Waals surface area contributed by atoms with E-state index in [2.05, 4.69) is 5.32 Å². The fourth-order valence-corrected chi connectivity index (χ4v) is 1.90. The Labute approximate surface area is 135 Å². The Morgan fingerprint density at radius 3 is 2.29 bits per heavy atom. The van der Waals surface area contributed by atoms with Gasteiger partial charge in [-0.2, -0.15) is 18.4 Å². The standard InChI is InChI=1S/C15H15F3N2O4/c16-15(17,18)10-6-4-9(5-7-10)12(21)13(22)20-11(14(23)24)3-1-2-8-19/h4-7,11-12,21H,1-3H2,(H,20,22)(H,23,24)/t11-,12+/m1/s1. The highest BCUT2D eigenvalue weighted by Crippen LogP contribution is 2.29. The normalized spacial score (nSPS) is 13.6. The molecule has 1 rings (SSSR count). The van der Waals surface area contributed by atoms with Crippen molar-refractivity contribution in [3.8, 4) is 6.07 Å². The molecular formula is C15H15F3N2O4. The Morgan fingerprint density at radius 1 is 1.25 bits per heavy atom. The van der Waals surface area contributed by atoms with Crippen LogP contribution in [0.1, 0.15) is 36.5 Å². The molecule has 0 unspecified atom stereocenters. The van der Waals surface area contributed by atoms with Gasteiger partial charge in [-0.15, -0.1) is 0 Å². The van der Waals surface area contributed by atoms with E-state index in [1.807, 2.05) is 6.07 Å². The van der Waals surface area contributed by atoms with Gasteiger partial charge in [0.05, 0.1) is 11.6 Å². The van der Waals surface area contributed by atoms with Gasteiger partial charge < -0.3 is 15.5 Å². The lowest BCUT2D eigenvalue weighted by molar-refractivity contribution is -0.143. The number of carboxylic acids is 1. The van der Waals surface area contributed by atoms with Gasteiger partial charge in [0, 0.05) is 6.42 Å². The molecule has 2 atom stereocenters. The minimum absolute atomic E-state index is 0.00559. The highest BCUT2D eigenvalue weighted by atomic mass is 19.4. The topological polar surface area (TPSA) is 110 Å². The van der Waals surface area contributed by atoms with Crippen LogP contribution in [-0.4, -0.2) is 28.1 Å². The van der Waals surface area contributed by atoms with Crippen molar-refractivity contribution in [2.75, 3.05) is 0 Å². The number of aliphatic hydroxyl groups is 1. The third kappa shape index (κ3) is 5.55. The largest absolute Gasteiger partial charge is 0.480 e. The van der Waals surface area contributed by atoms with Gasteiger partial charge in [-0.1, -0.05) is 12.1 Å². The van der Waals surface area contributed by atoms with Gasteiger partial charge in [0.1, 0.15) is 6.04 Å². The summed E-state index contributed by atoms with van der Waals surface area (Å²) in [5.74, 6) is -2.37. The van der Waals surface area contributed by atoms with Gasteiger partial charge in [0.25, 0.3) is 5.91 Å². The number of carbonyl (C=O) groups excluding carboxylic acids is 1. The molecule has 0 bridgehead atoms. The summed E-state index contributed by atoms with van der Waals surface area (Å²) >= 11 is 0. The van der Waals surface area contributed by atoms with Crippen molar-refractivity contribution in [1.82, 2.24) is 5.32 Å². The van der Waals surface area contributed by atoms with Crippen LogP contribution in [0.15, 0.2) is 24.3 Å². The number of alkyl halides is 3. The van der Waals surface area contributed by atoms with E-state index in [-0.39, 0.29) is 24.8 Å². The lowest BCUT2D eigenvalue weighted by Crippen LogP contribution is -2.43. The Kier molecular flexibility index (Phi) is 6.73. The number of carbonyl (C=O) groups is 2. The molecule has 0 aliphatic rings. The number of unbranched alkanes of at least 4 members (excludes halogenated alkanes) is 1. The predicted octanol–water partition coefficient (Wildman–Crippen LogP) is 2.00. The average molecular weight is 344 g/mol. The first-order valence-electron chi connectivity index (χ1n) is 6.92. The van der Waals surface area contributed by atoms with E-state index in [1.165, 1.54) is 0 Å². The zero-order chi connectivity index (χ0) is 18.3. The molecule has 0 aliphatic heterocycles. The zero-order valence-electron chi connectivity index (χ0n) is 12.4. The maximum atomic E-state index is 12.5. The third-order valence-corrected chi connectivity index (χ3v) is 3.20. The van der Waals surface area contributed by atoms with Crippen molar-refractivity contribution in [3.63, 3.8) is 0 Å². The van der Waals surface area contributed by atoms with Crippen molar-refractivity contribution in [2.24, 2.45) is 0 Å². The first-order valence-corrected chi connectivity index (χ1v) is 6.92. The Hall–Kier alpha value is -2.60. The van der Waals surface area contributed by atoms with Gasteiger partial charge >= 0.3 is 12.1 Å². The summed E-state index contributed by atoms with van der Waals surface area (Å²) in [5, 5.41) is 29.4. The van der Waals surface area contributed by atoms with E-state index in [1.54, 1.807) is 0 Å². The van der Waals surface area contributed by atoms with Crippen LogP contribution >= 0.6 is 0 Å².